The lowest BCUT2D eigenvalue weighted by molar-refractivity contribution is -0.275. The number of allylic oxidation sites excluding steroid dienone is 1. The summed E-state index contributed by atoms with van der Waals surface area (Å²) in [5, 5.41) is 2.09. The molecule has 0 heterocycles. The first kappa shape index (κ1) is 22.5. The van der Waals surface area contributed by atoms with Gasteiger partial charge >= 0.3 is 6.36 Å². The lowest BCUT2D eigenvalue weighted by atomic mass is 9.96. The minimum atomic E-state index is -5.01. The molecule has 4 rings (SSSR count). The molecule has 0 amide bonds. The van der Waals surface area contributed by atoms with Gasteiger partial charge in [-0.05, 0) is 70.1 Å². The van der Waals surface area contributed by atoms with Gasteiger partial charge in [0.25, 0.3) is 0 Å². The van der Waals surface area contributed by atoms with Crippen molar-refractivity contribution in [1.29, 1.82) is 0 Å². The quantitative estimate of drug-likeness (QED) is 0.210. The number of hydrogen-bond donors (Lipinski definition) is 0. The van der Waals surface area contributed by atoms with E-state index in [9.17, 15) is 22.0 Å². The summed E-state index contributed by atoms with van der Waals surface area (Å²) in [5.74, 6) is -2.81. The van der Waals surface area contributed by atoms with Crippen molar-refractivity contribution in [3.63, 3.8) is 0 Å². The lowest BCUT2D eigenvalue weighted by Crippen LogP contribution is -2.17. The average molecular weight is 454 g/mol. The van der Waals surface area contributed by atoms with Crippen LogP contribution < -0.4 is 4.74 Å². The Morgan fingerprint density at radius 1 is 0.727 bits per heavy atom. The Morgan fingerprint density at radius 3 is 2.06 bits per heavy atom. The summed E-state index contributed by atoms with van der Waals surface area (Å²) in [6, 6.07) is 19.4. The standard InChI is InChI=1S/C27H19F5O/c1-2-3-4-17-5-6-19-14-20(8-7-18(19)13-17)21-9-11-23(24(28)15-21)22-10-12-26(25(29)16-22)33-27(30,31)32/h2,5-16H,1,3-4H2. The number of fused-ring (bicyclic) bond motifs is 1. The molecule has 4 aromatic carbocycles. The fourth-order valence-corrected chi connectivity index (χ4v) is 3.70. The zero-order valence-electron chi connectivity index (χ0n) is 17.4. The summed E-state index contributed by atoms with van der Waals surface area (Å²) in [6.45, 7) is 3.74. The molecule has 0 saturated carbocycles. The van der Waals surface area contributed by atoms with E-state index in [4.69, 9.17) is 0 Å². The van der Waals surface area contributed by atoms with E-state index in [2.05, 4.69) is 23.4 Å². The van der Waals surface area contributed by atoms with E-state index in [1.54, 1.807) is 6.07 Å². The Labute approximate surface area is 187 Å². The van der Waals surface area contributed by atoms with Gasteiger partial charge in [-0.2, -0.15) is 0 Å². The van der Waals surface area contributed by atoms with Crippen molar-refractivity contribution in [2.45, 2.75) is 19.2 Å². The van der Waals surface area contributed by atoms with Crippen molar-refractivity contribution in [3.05, 3.63) is 103 Å². The van der Waals surface area contributed by atoms with Crippen LogP contribution >= 0.6 is 0 Å². The number of ether oxygens (including phenoxy) is 1. The Hall–Kier alpha value is -3.67. The normalized spacial score (nSPS) is 11.5. The molecule has 0 unspecified atom stereocenters. The van der Waals surface area contributed by atoms with Gasteiger partial charge in [0.15, 0.2) is 11.6 Å². The van der Waals surface area contributed by atoms with Gasteiger partial charge in [0.1, 0.15) is 5.82 Å². The van der Waals surface area contributed by atoms with Crippen LogP contribution in [-0.4, -0.2) is 6.36 Å². The molecule has 0 bridgehead atoms. The van der Waals surface area contributed by atoms with Crippen LogP contribution in [0.1, 0.15) is 12.0 Å². The van der Waals surface area contributed by atoms with Gasteiger partial charge in [-0.1, -0.05) is 54.6 Å². The minimum absolute atomic E-state index is 0.0730. The van der Waals surface area contributed by atoms with Gasteiger partial charge in [0.2, 0.25) is 0 Å². The maximum absolute atomic E-state index is 14.9. The summed E-state index contributed by atoms with van der Waals surface area (Å²) in [7, 11) is 0. The third-order valence-corrected chi connectivity index (χ3v) is 5.31. The van der Waals surface area contributed by atoms with Crippen molar-refractivity contribution >= 4 is 10.8 Å². The molecule has 0 aliphatic carbocycles. The molecule has 0 spiro atoms. The van der Waals surface area contributed by atoms with Crippen LogP contribution in [0.2, 0.25) is 0 Å². The molecular weight excluding hydrogens is 435 g/mol. The predicted octanol–water partition coefficient (Wildman–Crippen LogP) is 8.47. The third-order valence-electron chi connectivity index (χ3n) is 5.31. The summed E-state index contributed by atoms with van der Waals surface area (Å²) >= 11 is 0. The van der Waals surface area contributed by atoms with E-state index in [0.29, 0.717) is 5.56 Å². The van der Waals surface area contributed by atoms with Crippen LogP contribution in [0.5, 0.6) is 5.75 Å². The first-order valence-corrected chi connectivity index (χ1v) is 10.2. The molecule has 33 heavy (non-hydrogen) atoms. The second-order valence-corrected chi connectivity index (χ2v) is 7.61. The van der Waals surface area contributed by atoms with Crippen molar-refractivity contribution < 1.29 is 26.7 Å². The SMILES string of the molecule is C=CCCc1ccc2cc(-c3ccc(-c4ccc(OC(F)(F)F)c(F)c4)c(F)c3)ccc2c1. The maximum atomic E-state index is 14.9. The van der Waals surface area contributed by atoms with E-state index < -0.39 is 23.7 Å². The second-order valence-electron chi connectivity index (χ2n) is 7.61. The number of halogens is 5. The molecule has 0 N–H and O–H groups in total. The predicted molar refractivity (Wildman–Crippen MR) is 120 cm³/mol. The highest BCUT2D eigenvalue weighted by Crippen LogP contribution is 2.33. The lowest BCUT2D eigenvalue weighted by Gasteiger charge is -2.12. The van der Waals surface area contributed by atoms with Crippen molar-refractivity contribution in [2.24, 2.45) is 0 Å². The third kappa shape index (κ3) is 5.22. The first-order chi connectivity index (χ1) is 15.7. The molecule has 1 nitrogen and oxygen atoms in total. The van der Waals surface area contributed by atoms with Crippen molar-refractivity contribution in [1.82, 2.24) is 0 Å². The molecule has 0 saturated heterocycles. The summed E-state index contributed by atoms with van der Waals surface area (Å²) in [4.78, 5) is 0. The minimum Gasteiger partial charge on any atom is -0.403 e. The van der Waals surface area contributed by atoms with Crippen LogP contribution in [-0.2, 0) is 6.42 Å². The van der Waals surface area contributed by atoms with E-state index in [-0.39, 0.29) is 11.1 Å². The Kier molecular flexibility index (Phi) is 6.18. The van der Waals surface area contributed by atoms with E-state index in [1.807, 2.05) is 30.3 Å². The molecule has 0 radical (unpaired) electrons. The first-order valence-electron chi connectivity index (χ1n) is 10.2. The van der Waals surface area contributed by atoms with Gasteiger partial charge in [-0.15, -0.1) is 19.8 Å². The topological polar surface area (TPSA) is 9.23 Å². The van der Waals surface area contributed by atoms with Crippen molar-refractivity contribution in [3.8, 4) is 28.0 Å². The Morgan fingerprint density at radius 2 is 1.36 bits per heavy atom. The molecule has 4 aromatic rings. The molecule has 0 aliphatic heterocycles. The molecule has 0 atom stereocenters. The molecule has 0 aromatic heterocycles. The van der Waals surface area contributed by atoms with Gasteiger partial charge in [0, 0.05) is 5.56 Å². The average Bonchev–Trinajstić information content (AvgIpc) is 2.77. The van der Waals surface area contributed by atoms with E-state index in [1.165, 1.54) is 23.8 Å². The van der Waals surface area contributed by atoms with Crippen LogP contribution in [0.3, 0.4) is 0 Å². The second kappa shape index (κ2) is 9.06. The fourth-order valence-electron chi connectivity index (χ4n) is 3.70. The van der Waals surface area contributed by atoms with Crippen LogP contribution in [0.4, 0.5) is 22.0 Å². The zero-order valence-corrected chi connectivity index (χ0v) is 17.4. The Balaban J connectivity index is 1.61. The van der Waals surface area contributed by atoms with Gasteiger partial charge < -0.3 is 4.74 Å². The van der Waals surface area contributed by atoms with Crippen LogP contribution in [0.25, 0.3) is 33.0 Å². The van der Waals surface area contributed by atoms with Crippen molar-refractivity contribution in [2.75, 3.05) is 0 Å². The smallest absolute Gasteiger partial charge is 0.403 e. The molecular formula is C27H19F5O. The molecule has 168 valence electrons. The highest BCUT2D eigenvalue weighted by atomic mass is 19.4. The van der Waals surface area contributed by atoms with E-state index >= 15 is 0 Å². The Bertz CT molecular complexity index is 1320. The van der Waals surface area contributed by atoms with Crippen LogP contribution in [0.15, 0.2) is 85.5 Å². The number of benzene rings is 4. The summed E-state index contributed by atoms with van der Waals surface area (Å²) in [5.41, 5.74) is 2.84. The van der Waals surface area contributed by atoms with Gasteiger partial charge in [-0.3, -0.25) is 0 Å². The number of alkyl halides is 3. The fraction of sp³-hybridized carbons (Fsp3) is 0.111. The summed E-state index contributed by atoms with van der Waals surface area (Å²) in [6.07, 6.45) is -1.32. The highest BCUT2D eigenvalue weighted by Gasteiger charge is 2.32. The number of rotatable bonds is 6. The molecule has 6 heteroatoms. The molecule has 0 aliphatic rings. The largest absolute Gasteiger partial charge is 0.573 e. The van der Waals surface area contributed by atoms with E-state index in [0.717, 1.165) is 41.3 Å². The maximum Gasteiger partial charge on any atom is 0.573 e. The number of hydrogen-bond acceptors (Lipinski definition) is 1. The van der Waals surface area contributed by atoms with Gasteiger partial charge in [0.05, 0.1) is 0 Å². The molecule has 0 fully saturated rings. The number of aryl methyl sites for hydroxylation is 1. The zero-order chi connectivity index (χ0) is 23.6. The highest BCUT2D eigenvalue weighted by molar-refractivity contribution is 5.88. The summed E-state index contributed by atoms with van der Waals surface area (Å²) < 4.78 is 69.5. The van der Waals surface area contributed by atoms with Crippen LogP contribution in [0, 0.1) is 11.6 Å². The monoisotopic (exact) mass is 454 g/mol. The van der Waals surface area contributed by atoms with Gasteiger partial charge in [-0.25, -0.2) is 8.78 Å².